The molecule has 82 valence electrons. The van der Waals surface area contributed by atoms with Crippen molar-refractivity contribution in [1.82, 2.24) is 9.97 Å². The van der Waals surface area contributed by atoms with E-state index in [1.807, 2.05) is 0 Å². The largest absolute Gasteiger partial charge is 0.378 e. The van der Waals surface area contributed by atoms with Gasteiger partial charge >= 0.3 is 0 Å². The van der Waals surface area contributed by atoms with Crippen LogP contribution in [0, 0.1) is 0 Å². The molecule has 1 aromatic rings. The van der Waals surface area contributed by atoms with Crippen molar-refractivity contribution in [2.45, 2.75) is 38.2 Å². The van der Waals surface area contributed by atoms with Crippen LogP contribution in [0.2, 0.25) is 0 Å². The second kappa shape index (κ2) is 5.07. The lowest BCUT2D eigenvalue weighted by atomic mass is 10.1. The van der Waals surface area contributed by atoms with Crippen molar-refractivity contribution in [1.29, 1.82) is 0 Å². The average molecular weight is 208 g/mol. The predicted octanol–water partition coefficient (Wildman–Crippen LogP) is 1.94. The maximum Gasteiger partial charge on any atom is 0.198 e. The van der Waals surface area contributed by atoms with Crippen LogP contribution in [0.3, 0.4) is 0 Å². The zero-order chi connectivity index (χ0) is 10.5. The summed E-state index contributed by atoms with van der Waals surface area (Å²) < 4.78 is 5.49. The van der Waals surface area contributed by atoms with E-state index in [0.29, 0.717) is 18.3 Å². The molecule has 1 aliphatic heterocycles. The first-order valence-corrected chi connectivity index (χ1v) is 5.50. The number of H-pyrrole nitrogens is 1. The van der Waals surface area contributed by atoms with Gasteiger partial charge in [-0.05, 0) is 25.7 Å². The molecule has 4 nitrogen and oxygen atoms in total. The molecule has 1 N–H and O–H groups in total. The number of imidazole rings is 1. The summed E-state index contributed by atoms with van der Waals surface area (Å²) >= 11 is 0. The number of hydrogen-bond acceptors (Lipinski definition) is 3. The minimum Gasteiger partial charge on any atom is -0.378 e. The third kappa shape index (κ3) is 2.89. The molecule has 1 aliphatic rings. The van der Waals surface area contributed by atoms with Crippen LogP contribution in [0.4, 0.5) is 0 Å². The summed E-state index contributed by atoms with van der Waals surface area (Å²) in [5.74, 6) is 0.570. The minimum atomic E-state index is 0.0954. The molecular weight excluding hydrogens is 192 g/mol. The monoisotopic (exact) mass is 208 g/mol. The van der Waals surface area contributed by atoms with E-state index in [9.17, 15) is 4.79 Å². The first-order valence-electron chi connectivity index (χ1n) is 5.50. The number of rotatable bonds is 5. The van der Waals surface area contributed by atoms with Crippen LogP contribution in [-0.2, 0) is 4.74 Å². The lowest BCUT2D eigenvalue weighted by Crippen LogP contribution is -2.07. The van der Waals surface area contributed by atoms with Crippen molar-refractivity contribution in [3.63, 3.8) is 0 Å². The van der Waals surface area contributed by atoms with Crippen LogP contribution < -0.4 is 0 Å². The van der Waals surface area contributed by atoms with Crippen molar-refractivity contribution >= 4 is 5.78 Å². The normalized spacial score (nSPS) is 20.7. The third-order valence-electron chi connectivity index (χ3n) is 2.72. The predicted molar refractivity (Wildman–Crippen MR) is 55.7 cm³/mol. The molecule has 0 bridgehead atoms. The van der Waals surface area contributed by atoms with E-state index in [2.05, 4.69) is 9.97 Å². The van der Waals surface area contributed by atoms with Gasteiger partial charge in [0.15, 0.2) is 11.6 Å². The van der Waals surface area contributed by atoms with Gasteiger partial charge in [-0.3, -0.25) is 4.79 Å². The molecule has 0 spiro atoms. The Morgan fingerprint density at radius 1 is 1.67 bits per heavy atom. The van der Waals surface area contributed by atoms with E-state index in [4.69, 9.17) is 4.74 Å². The molecular formula is C11H16N2O2. The van der Waals surface area contributed by atoms with E-state index in [-0.39, 0.29) is 5.78 Å². The minimum absolute atomic E-state index is 0.0954. The molecule has 1 fully saturated rings. The van der Waals surface area contributed by atoms with Crippen LogP contribution in [-0.4, -0.2) is 28.5 Å². The second-order valence-electron chi connectivity index (χ2n) is 3.89. The molecule has 1 unspecified atom stereocenters. The Hall–Kier alpha value is -1.16. The van der Waals surface area contributed by atoms with E-state index in [0.717, 1.165) is 32.3 Å². The zero-order valence-corrected chi connectivity index (χ0v) is 8.74. The quantitative estimate of drug-likeness (QED) is 0.752. The summed E-state index contributed by atoms with van der Waals surface area (Å²) in [5.41, 5.74) is 0. The van der Waals surface area contributed by atoms with Gasteiger partial charge in [-0.15, -0.1) is 0 Å². The zero-order valence-electron chi connectivity index (χ0n) is 8.74. The SMILES string of the molecule is O=C(CCCC1CCCO1)c1ncc[nH]1. The molecule has 0 saturated carbocycles. The molecule has 0 amide bonds. The van der Waals surface area contributed by atoms with Crippen LogP contribution in [0.15, 0.2) is 12.4 Å². The molecule has 0 radical (unpaired) electrons. The van der Waals surface area contributed by atoms with Crippen molar-refractivity contribution < 1.29 is 9.53 Å². The van der Waals surface area contributed by atoms with Crippen molar-refractivity contribution in [2.24, 2.45) is 0 Å². The molecule has 0 aliphatic carbocycles. The van der Waals surface area contributed by atoms with Gasteiger partial charge in [0.25, 0.3) is 0 Å². The Morgan fingerprint density at radius 2 is 2.60 bits per heavy atom. The lowest BCUT2D eigenvalue weighted by Gasteiger charge is -2.07. The molecule has 4 heteroatoms. The highest BCUT2D eigenvalue weighted by Gasteiger charge is 2.16. The molecule has 2 heterocycles. The smallest absolute Gasteiger partial charge is 0.198 e. The number of ether oxygens (including phenoxy) is 1. The van der Waals surface area contributed by atoms with Crippen LogP contribution in [0.5, 0.6) is 0 Å². The summed E-state index contributed by atoms with van der Waals surface area (Å²) in [5, 5.41) is 0. The molecule has 1 saturated heterocycles. The van der Waals surface area contributed by atoms with Gasteiger partial charge < -0.3 is 9.72 Å². The maximum absolute atomic E-state index is 11.5. The molecule has 15 heavy (non-hydrogen) atoms. The van der Waals surface area contributed by atoms with E-state index >= 15 is 0 Å². The van der Waals surface area contributed by atoms with Gasteiger partial charge in [-0.2, -0.15) is 0 Å². The van der Waals surface area contributed by atoms with Gasteiger partial charge in [-0.25, -0.2) is 4.98 Å². The van der Waals surface area contributed by atoms with Crippen molar-refractivity contribution in [2.75, 3.05) is 6.61 Å². The van der Waals surface area contributed by atoms with Gasteiger partial charge in [0, 0.05) is 25.4 Å². The maximum atomic E-state index is 11.5. The highest BCUT2D eigenvalue weighted by atomic mass is 16.5. The fraction of sp³-hybridized carbons (Fsp3) is 0.636. The number of carbonyl (C=O) groups excluding carboxylic acids is 1. The Kier molecular flexibility index (Phi) is 3.50. The fourth-order valence-electron chi connectivity index (χ4n) is 1.90. The summed E-state index contributed by atoms with van der Waals surface area (Å²) in [7, 11) is 0. The number of carbonyl (C=O) groups is 1. The number of nitrogens with zero attached hydrogens (tertiary/aromatic N) is 1. The molecule has 1 aromatic heterocycles. The third-order valence-corrected chi connectivity index (χ3v) is 2.72. The molecule has 0 aromatic carbocycles. The van der Waals surface area contributed by atoms with Crippen LogP contribution in [0.25, 0.3) is 0 Å². The standard InChI is InChI=1S/C11H16N2O2/c14-10(11-12-6-7-13-11)5-1-3-9-4-2-8-15-9/h6-7,9H,1-5,8H2,(H,12,13). The topological polar surface area (TPSA) is 55.0 Å². The number of aromatic amines is 1. The Morgan fingerprint density at radius 3 is 3.27 bits per heavy atom. The van der Waals surface area contributed by atoms with Crippen molar-refractivity contribution in [3.8, 4) is 0 Å². The fourth-order valence-corrected chi connectivity index (χ4v) is 1.90. The number of hydrogen-bond donors (Lipinski definition) is 1. The van der Waals surface area contributed by atoms with Gasteiger partial charge in [0.1, 0.15) is 0 Å². The Bertz CT molecular complexity index is 302. The number of aromatic nitrogens is 2. The highest BCUT2D eigenvalue weighted by molar-refractivity contribution is 5.92. The Labute approximate surface area is 89.0 Å². The van der Waals surface area contributed by atoms with Crippen LogP contribution >= 0.6 is 0 Å². The van der Waals surface area contributed by atoms with Crippen LogP contribution in [0.1, 0.15) is 42.7 Å². The first kappa shape index (κ1) is 10.4. The van der Waals surface area contributed by atoms with E-state index < -0.39 is 0 Å². The molecule has 1 atom stereocenters. The second-order valence-corrected chi connectivity index (χ2v) is 3.89. The summed E-state index contributed by atoms with van der Waals surface area (Å²) in [6.45, 7) is 0.886. The van der Waals surface area contributed by atoms with E-state index in [1.165, 1.54) is 0 Å². The van der Waals surface area contributed by atoms with E-state index in [1.54, 1.807) is 12.4 Å². The Balaban J connectivity index is 1.67. The highest BCUT2D eigenvalue weighted by Crippen LogP contribution is 2.18. The lowest BCUT2D eigenvalue weighted by molar-refractivity contribution is 0.0916. The van der Waals surface area contributed by atoms with Gasteiger partial charge in [0.05, 0.1) is 6.10 Å². The summed E-state index contributed by atoms with van der Waals surface area (Å²) in [6, 6.07) is 0. The van der Waals surface area contributed by atoms with Crippen molar-refractivity contribution in [3.05, 3.63) is 18.2 Å². The number of Topliss-reactive ketones (excluding diaryl/α,β-unsaturated/α-hetero) is 1. The number of ketones is 1. The number of nitrogens with one attached hydrogen (secondary N) is 1. The first-order chi connectivity index (χ1) is 7.36. The summed E-state index contributed by atoms with van der Waals surface area (Å²) in [4.78, 5) is 18.3. The molecule has 2 rings (SSSR count). The average Bonchev–Trinajstić information content (AvgIpc) is 2.90. The summed E-state index contributed by atoms with van der Waals surface area (Å²) in [6.07, 6.45) is 8.42. The van der Waals surface area contributed by atoms with Gasteiger partial charge in [0.2, 0.25) is 0 Å². The van der Waals surface area contributed by atoms with Gasteiger partial charge in [-0.1, -0.05) is 0 Å².